The molecule has 4 nitrogen and oxygen atoms in total. The zero-order valence-electron chi connectivity index (χ0n) is 9.02. The van der Waals surface area contributed by atoms with E-state index in [2.05, 4.69) is 26.0 Å². The van der Waals surface area contributed by atoms with E-state index < -0.39 is 0 Å². The van der Waals surface area contributed by atoms with Crippen LogP contribution in [0.25, 0.3) is 11.4 Å². The van der Waals surface area contributed by atoms with Gasteiger partial charge in [0.05, 0.1) is 0 Å². The lowest BCUT2D eigenvalue weighted by molar-refractivity contribution is 0.697. The maximum absolute atomic E-state index is 5.52. The molecule has 1 aromatic carbocycles. The van der Waals surface area contributed by atoms with E-state index in [4.69, 9.17) is 5.73 Å². The summed E-state index contributed by atoms with van der Waals surface area (Å²) in [5.74, 6) is 1.65. The van der Waals surface area contributed by atoms with Gasteiger partial charge in [-0.25, -0.2) is 4.98 Å². The van der Waals surface area contributed by atoms with Crippen LogP contribution in [0.15, 0.2) is 28.7 Å². The van der Waals surface area contributed by atoms with E-state index in [1.54, 1.807) is 4.68 Å². The van der Waals surface area contributed by atoms with Crippen LogP contribution < -0.4 is 5.73 Å². The Morgan fingerprint density at radius 1 is 1.38 bits per heavy atom. The summed E-state index contributed by atoms with van der Waals surface area (Å²) >= 11 is 3.49. The molecule has 2 rings (SSSR count). The molecule has 0 radical (unpaired) electrons. The number of halogens is 1. The molecule has 0 aliphatic rings. The van der Waals surface area contributed by atoms with Gasteiger partial charge in [-0.15, -0.1) is 0 Å². The van der Waals surface area contributed by atoms with E-state index in [1.807, 2.05) is 31.3 Å². The van der Waals surface area contributed by atoms with Crippen molar-refractivity contribution in [2.24, 2.45) is 12.8 Å². The topological polar surface area (TPSA) is 56.7 Å². The van der Waals surface area contributed by atoms with Crippen molar-refractivity contribution in [1.82, 2.24) is 14.8 Å². The Morgan fingerprint density at radius 3 is 2.81 bits per heavy atom. The number of hydrogen-bond donors (Lipinski definition) is 1. The summed E-state index contributed by atoms with van der Waals surface area (Å²) < 4.78 is 2.78. The Bertz CT molecular complexity index is 492. The van der Waals surface area contributed by atoms with Crippen molar-refractivity contribution >= 4 is 15.9 Å². The fourth-order valence-corrected chi connectivity index (χ4v) is 1.98. The number of nitrogens with zero attached hydrogens (tertiary/aromatic N) is 3. The lowest BCUT2D eigenvalue weighted by atomic mass is 10.2. The lowest BCUT2D eigenvalue weighted by Gasteiger charge is -1.97. The summed E-state index contributed by atoms with van der Waals surface area (Å²) in [6.07, 6.45) is 0.744. The van der Waals surface area contributed by atoms with Crippen LogP contribution in [0, 0.1) is 0 Å². The van der Waals surface area contributed by atoms with Crippen LogP contribution in [-0.2, 0) is 13.5 Å². The van der Waals surface area contributed by atoms with Crippen molar-refractivity contribution in [2.75, 3.05) is 6.54 Å². The van der Waals surface area contributed by atoms with Crippen molar-refractivity contribution in [3.8, 4) is 11.4 Å². The minimum atomic E-state index is 0.585. The quantitative estimate of drug-likeness (QED) is 0.932. The van der Waals surface area contributed by atoms with Crippen LogP contribution in [-0.4, -0.2) is 21.3 Å². The third kappa shape index (κ3) is 2.15. The largest absolute Gasteiger partial charge is 0.330 e. The number of hydrogen-bond acceptors (Lipinski definition) is 3. The molecule has 0 atom stereocenters. The Balaban J connectivity index is 2.42. The molecule has 16 heavy (non-hydrogen) atoms. The highest BCUT2D eigenvalue weighted by atomic mass is 79.9. The Hall–Kier alpha value is -1.20. The van der Waals surface area contributed by atoms with Gasteiger partial charge in [0.15, 0.2) is 5.82 Å². The van der Waals surface area contributed by atoms with Gasteiger partial charge in [0, 0.05) is 23.5 Å². The molecule has 0 aliphatic carbocycles. The SMILES string of the molecule is Cn1nc(-c2ccccc2Br)nc1CCN. The molecular formula is C11H13BrN4. The molecule has 0 saturated heterocycles. The summed E-state index contributed by atoms with van der Waals surface area (Å²) in [5.41, 5.74) is 6.52. The zero-order valence-corrected chi connectivity index (χ0v) is 10.6. The Morgan fingerprint density at radius 2 is 2.12 bits per heavy atom. The van der Waals surface area contributed by atoms with Gasteiger partial charge in [-0.3, -0.25) is 4.68 Å². The first-order valence-electron chi connectivity index (χ1n) is 5.07. The fraction of sp³-hybridized carbons (Fsp3) is 0.273. The van der Waals surface area contributed by atoms with E-state index >= 15 is 0 Å². The predicted molar refractivity (Wildman–Crippen MR) is 66.9 cm³/mol. The Kier molecular flexibility index (Phi) is 3.36. The monoisotopic (exact) mass is 280 g/mol. The average molecular weight is 281 g/mol. The average Bonchev–Trinajstić information content (AvgIpc) is 2.61. The number of benzene rings is 1. The molecule has 1 aromatic heterocycles. The van der Waals surface area contributed by atoms with Gasteiger partial charge in [-0.1, -0.05) is 28.1 Å². The van der Waals surface area contributed by atoms with Crippen LogP contribution in [0.1, 0.15) is 5.82 Å². The van der Waals surface area contributed by atoms with Crippen molar-refractivity contribution < 1.29 is 0 Å². The van der Waals surface area contributed by atoms with Crippen molar-refractivity contribution in [1.29, 1.82) is 0 Å². The van der Waals surface area contributed by atoms with Crippen molar-refractivity contribution in [2.45, 2.75) is 6.42 Å². The standard InChI is InChI=1S/C11H13BrN4/c1-16-10(6-7-13)14-11(15-16)8-4-2-3-5-9(8)12/h2-5H,6-7,13H2,1H3. The van der Waals surface area contributed by atoms with E-state index in [-0.39, 0.29) is 0 Å². The molecule has 0 spiro atoms. The number of aryl methyl sites for hydroxylation is 1. The van der Waals surface area contributed by atoms with Gasteiger partial charge in [-0.2, -0.15) is 5.10 Å². The highest BCUT2D eigenvalue weighted by Crippen LogP contribution is 2.25. The Labute approximate surface area is 103 Å². The molecule has 2 N–H and O–H groups in total. The van der Waals surface area contributed by atoms with Crippen LogP contribution >= 0.6 is 15.9 Å². The molecule has 0 bridgehead atoms. The van der Waals surface area contributed by atoms with Gasteiger partial charge in [0.2, 0.25) is 0 Å². The van der Waals surface area contributed by atoms with Crippen LogP contribution in [0.3, 0.4) is 0 Å². The summed E-state index contributed by atoms with van der Waals surface area (Å²) in [4.78, 5) is 4.47. The van der Waals surface area contributed by atoms with Crippen LogP contribution in [0.2, 0.25) is 0 Å². The van der Waals surface area contributed by atoms with Gasteiger partial charge in [0.1, 0.15) is 5.82 Å². The molecule has 1 heterocycles. The second-order valence-electron chi connectivity index (χ2n) is 3.49. The third-order valence-electron chi connectivity index (χ3n) is 2.34. The molecule has 0 aliphatic heterocycles. The highest BCUT2D eigenvalue weighted by molar-refractivity contribution is 9.10. The first-order chi connectivity index (χ1) is 7.72. The fourth-order valence-electron chi connectivity index (χ4n) is 1.52. The highest BCUT2D eigenvalue weighted by Gasteiger charge is 2.10. The maximum Gasteiger partial charge on any atom is 0.182 e. The first kappa shape index (κ1) is 11.3. The van der Waals surface area contributed by atoms with E-state index in [0.29, 0.717) is 6.54 Å². The maximum atomic E-state index is 5.52. The smallest absolute Gasteiger partial charge is 0.182 e. The molecule has 5 heteroatoms. The minimum Gasteiger partial charge on any atom is -0.330 e. The normalized spacial score (nSPS) is 10.7. The van der Waals surface area contributed by atoms with Gasteiger partial charge < -0.3 is 5.73 Å². The molecule has 0 amide bonds. The summed E-state index contributed by atoms with van der Waals surface area (Å²) in [5, 5.41) is 4.38. The van der Waals surface area contributed by atoms with Gasteiger partial charge >= 0.3 is 0 Å². The summed E-state index contributed by atoms with van der Waals surface area (Å²) in [7, 11) is 1.89. The van der Waals surface area contributed by atoms with E-state index in [1.165, 1.54) is 0 Å². The number of rotatable bonds is 3. The lowest BCUT2D eigenvalue weighted by Crippen LogP contribution is -2.08. The second-order valence-corrected chi connectivity index (χ2v) is 4.35. The second kappa shape index (κ2) is 4.76. The van der Waals surface area contributed by atoms with Crippen molar-refractivity contribution in [3.05, 3.63) is 34.6 Å². The van der Waals surface area contributed by atoms with Crippen molar-refractivity contribution in [3.63, 3.8) is 0 Å². The zero-order chi connectivity index (χ0) is 11.5. The summed E-state index contributed by atoms with van der Waals surface area (Å²) in [6, 6.07) is 7.91. The number of nitrogens with two attached hydrogens (primary N) is 1. The molecule has 0 fully saturated rings. The van der Waals surface area contributed by atoms with Crippen LogP contribution in [0.4, 0.5) is 0 Å². The third-order valence-corrected chi connectivity index (χ3v) is 3.03. The predicted octanol–water partition coefficient (Wildman–Crippen LogP) is 1.75. The molecule has 84 valence electrons. The molecule has 2 aromatic rings. The summed E-state index contributed by atoms with van der Waals surface area (Å²) in [6.45, 7) is 0.585. The van der Waals surface area contributed by atoms with Crippen LogP contribution in [0.5, 0.6) is 0 Å². The minimum absolute atomic E-state index is 0.585. The van der Waals surface area contributed by atoms with E-state index in [0.717, 1.165) is 28.1 Å². The van der Waals surface area contributed by atoms with Gasteiger partial charge in [-0.05, 0) is 18.7 Å². The number of aromatic nitrogens is 3. The first-order valence-corrected chi connectivity index (χ1v) is 5.86. The van der Waals surface area contributed by atoms with E-state index in [9.17, 15) is 0 Å². The van der Waals surface area contributed by atoms with Gasteiger partial charge in [0.25, 0.3) is 0 Å². The molecular weight excluding hydrogens is 268 g/mol. The molecule has 0 saturated carbocycles. The molecule has 0 unspecified atom stereocenters.